The number of rotatable bonds is 8. The van der Waals surface area contributed by atoms with Crippen LogP contribution in [-0.2, 0) is 6.42 Å². The molecule has 0 fully saturated rings. The highest BCUT2D eigenvalue weighted by Crippen LogP contribution is 2.29. The Morgan fingerprint density at radius 3 is 2.47 bits per heavy atom. The van der Waals surface area contributed by atoms with Crippen molar-refractivity contribution >= 4 is 22.6 Å². The van der Waals surface area contributed by atoms with E-state index in [1.54, 1.807) is 30.6 Å². The number of fused-ring (bicyclic) bond motifs is 1. The summed E-state index contributed by atoms with van der Waals surface area (Å²) in [5.41, 5.74) is 5.40. The van der Waals surface area contributed by atoms with Gasteiger partial charge in [-0.1, -0.05) is 30.3 Å². The van der Waals surface area contributed by atoms with E-state index in [0.717, 1.165) is 52.9 Å². The molecule has 0 atom stereocenters. The summed E-state index contributed by atoms with van der Waals surface area (Å²) in [7, 11) is 0. The fraction of sp³-hybridized carbons (Fsp3) is 0.214. The lowest BCUT2D eigenvalue weighted by Crippen LogP contribution is -2.25. The van der Waals surface area contributed by atoms with E-state index in [4.69, 9.17) is 5.26 Å². The van der Waals surface area contributed by atoms with Crippen LogP contribution in [0.25, 0.3) is 22.0 Å². The second-order valence-corrected chi connectivity index (χ2v) is 8.00. The Kier molecular flexibility index (Phi) is 7.14. The van der Waals surface area contributed by atoms with Crippen molar-refractivity contribution < 1.29 is 4.79 Å². The van der Waals surface area contributed by atoms with Crippen LogP contribution < -0.4 is 10.2 Å². The van der Waals surface area contributed by atoms with E-state index in [1.165, 1.54) is 0 Å². The Bertz CT molecular complexity index is 1340. The molecule has 0 saturated heterocycles. The minimum absolute atomic E-state index is 0.140. The number of aromatic nitrogens is 2. The van der Waals surface area contributed by atoms with Crippen LogP contribution in [0.5, 0.6) is 0 Å². The van der Waals surface area contributed by atoms with E-state index in [0.29, 0.717) is 17.7 Å². The fourth-order valence-electron chi connectivity index (χ4n) is 4.02. The van der Waals surface area contributed by atoms with Crippen LogP contribution in [-0.4, -0.2) is 35.5 Å². The minimum atomic E-state index is -0.140. The molecule has 0 aliphatic rings. The molecular weight excluding hydrogens is 422 g/mol. The largest absolute Gasteiger partial charge is 0.357 e. The molecule has 1 N–H and O–H groups in total. The first kappa shape index (κ1) is 22.9. The number of carbonyl (C=O) groups is 1. The zero-order chi connectivity index (χ0) is 23.9. The number of carbonyl (C=O) groups excluding carboxylic acids is 1. The Balaban J connectivity index is 1.49. The van der Waals surface area contributed by atoms with Crippen molar-refractivity contribution in [2.45, 2.75) is 20.3 Å². The van der Waals surface area contributed by atoms with Crippen molar-refractivity contribution in [1.82, 2.24) is 15.3 Å². The molecule has 0 aliphatic carbocycles. The Morgan fingerprint density at radius 1 is 0.971 bits per heavy atom. The van der Waals surface area contributed by atoms with Crippen LogP contribution in [0, 0.1) is 11.3 Å². The molecule has 170 valence electrons. The summed E-state index contributed by atoms with van der Waals surface area (Å²) in [6.45, 7) is 6.56. The molecule has 4 rings (SSSR count). The molecule has 0 spiro atoms. The molecule has 0 bridgehead atoms. The van der Waals surface area contributed by atoms with Crippen molar-refractivity contribution in [3.8, 4) is 17.2 Å². The summed E-state index contributed by atoms with van der Waals surface area (Å²) >= 11 is 0. The molecule has 0 saturated carbocycles. The highest BCUT2D eigenvalue weighted by atomic mass is 16.1. The lowest BCUT2D eigenvalue weighted by molar-refractivity contribution is 0.0954. The molecule has 6 heteroatoms. The zero-order valence-corrected chi connectivity index (χ0v) is 19.5. The van der Waals surface area contributed by atoms with Gasteiger partial charge in [-0.25, -0.2) is 9.97 Å². The van der Waals surface area contributed by atoms with Gasteiger partial charge in [0.2, 0.25) is 0 Å². The summed E-state index contributed by atoms with van der Waals surface area (Å²) in [5, 5.41) is 12.9. The van der Waals surface area contributed by atoms with E-state index in [-0.39, 0.29) is 5.91 Å². The summed E-state index contributed by atoms with van der Waals surface area (Å²) in [4.78, 5) is 23.6. The summed E-state index contributed by atoms with van der Waals surface area (Å²) in [6.07, 6.45) is 2.35. The molecule has 0 radical (unpaired) electrons. The van der Waals surface area contributed by atoms with Gasteiger partial charge in [0.25, 0.3) is 5.91 Å². The SMILES string of the molecule is CCN(CC)c1ncnc2ccc(-c3cccc(CCNC(=O)c4ccc(C#N)cc4)c3)cc12. The normalized spacial score (nSPS) is 10.6. The fourth-order valence-corrected chi connectivity index (χ4v) is 4.02. The Morgan fingerprint density at radius 2 is 1.74 bits per heavy atom. The van der Waals surface area contributed by atoms with Crippen LogP contribution in [0.2, 0.25) is 0 Å². The monoisotopic (exact) mass is 449 g/mol. The average Bonchev–Trinajstić information content (AvgIpc) is 2.89. The lowest BCUT2D eigenvalue weighted by Gasteiger charge is -2.21. The second-order valence-electron chi connectivity index (χ2n) is 8.00. The van der Waals surface area contributed by atoms with Gasteiger partial charge in [-0.05, 0) is 73.4 Å². The third kappa shape index (κ3) is 5.05. The first-order chi connectivity index (χ1) is 16.6. The Labute approximate surface area is 199 Å². The van der Waals surface area contributed by atoms with Crippen LogP contribution in [0.4, 0.5) is 5.82 Å². The van der Waals surface area contributed by atoms with Crippen LogP contribution in [0.15, 0.2) is 73.1 Å². The molecule has 0 unspecified atom stereocenters. The van der Waals surface area contributed by atoms with Gasteiger partial charge in [0.1, 0.15) is 12.1 Å². The topological polar surface area (TPSA) is 81.9 Å². The van der Waals surface area contributed by atoms with Gasteiger partial charge in [-0.15, -0.1) is 0 Å². The smallest absolute Gasteiger partial charge is 0.251 e. The van der Waals surface area contributed by atoms with Gasteiger partial charge >= 0.3 is 0 Å². The molecule has 3 aromatic carbocycles. The highest BCUT2D eigenvalue weighted by Gasteiger charge is 2.11. The quantitative estimate of drug-likeness (QED) is 0.410. The third-order valence-corrected chi connectivity index (χ3v) is 5.91. The molecular formula is C28H27N5O. The molecule has 4 aromatic rings. The van der Waals surface area contributed by atoms with Gasteiger partial charge in [-0.3, -0.25) is 4.79 Å². The van der Waals surface area contributed by atoms with E-state index in [1.807, 2.05) is 12.1 Å². The van der Waals surface area contributed by atoms with E-state index in [2.05, 4.69) is 70.4 Å². The predicted molar refractivity (Wildman–Crippen MR) is 136 cm³/mol. The number of nitrogens with zero attached hydrogens (tertiary/aromatic N) is 4. The molecule has 6 nitrogen and oxygen atoms in total. The number of anilines is 1. The number of amides is 1. The van der Waals surface area contributed by atoms with Crippen molar-refractivity contribution in [3.63, 3.8) is 0 Å². The van der Waals surface area contributed by atoms with Crippen molar-refractivity contribution in [3.05, 3.63) is 89.7 Å². The summed E-state index contributed by atoms with van der Waals surface area (Å²) in [5.74, 6) is 0.817. The molecule has 1 aromatic heterocycles. The lowest BCUT2D eigenvalue weighted by atomic mass is 10.00. The van der Waals surface area contributed by atoms with E-state index in [9.17, 15) is 4.79 Å². The van der Waals surface area contributed by atoms with Gasteiger partial charge in [0, 0.05) is 30.6 Å². The summed E-state index contributed by atoms with van der Waals surface area (Å²) < 4.78 is 0. The number of nitriles is 1. The first-order valence-corrected chi connectivity index (χ1v) is 11.5. The molecule has 34 heavy (non-hydrogen) atoms. The number of benzene rings is 3. The van der Waals surface area contributed by atoms with Crippen molar-refractivity contribution in [2.24, 2.45) is 0 Å². The van der Waals surface area contributed by atoms with Crippen LogP contribution >= 0.6 is 0 Å². The number of nitrogens with one attached hydrogen (secondary N) is 1. The standard InChI is InChI=1S/C28H27N5O/c1-3-33(4-2)27-25-17-24(12-13-26(25)31-19-32-27)23-7-5-6-20(16-23)14-15-30-28(34)22-10-8-21(18-29)9-11-22/h5-13,16-17,19H,3-4,14-15H2,1-2H3,(H,30,34). The Hall–Kier alpha value is -4.24. The van der Waals surface area contributed by atoms with Crippen molar-refractivity contribution in [2.75, 3.05) is 24.5 Å². The number of hydrogen-bond acceptors (Lipinski definition) is 5. The van der Waals surface area contributed by atoms with Gasteiger partial charge < -0.3 is 10.2 Å². The summed E-state index contributed by atoms with van der Waals surface area (Å²) in [6, 6.07) is 23.4. The number of hydrogen-bond donors (Lipinski definition) is 1. The maximum atomic E-state index is 12.4. The van der Waals surface area contributed by atoms with Crippen LogP contribution in [0.1, 0.15) is 35.3 Å². The third-order valence-electron chi connectivity index (χ3n) is 5.91. The highest BCUT2D eigenvalue weighted by molar-refractivity contribution is 5.94. The minimum Gasteiger partial charge on any atom is -0.357 e. The maximum absolute atomic E-state index is 12.4. The molecule has 1 amide bonds. The molecule has 1 heterocycles. The van der Waals surface area contributed by atoms with E-state index < -0.39 is 0 Å². The van der Waals surface area contributed by atoms with Gasteiger partial charge in [0.15, 0.2) is 0 Å². The van der Waals surface area contributed by atoms with Gasteiger partial charge in [0.05, 0.1) is 17.1 Å². The maximum Gasteiger partial charge on any atom is 0.251 e. The molecule has 0 aliphatic heterocycles. The van der Waals surface area contributed by atoms with Crippen LogP contribution in [0.3, 0.4) is 0 Å². The van der Waals surface area contributed by atoms with Gasteiger partial charge in [-0.2, -0.15) is 5.26 Å². The first-order valence-electron chi connectivity index (χ1n) is 11.5. The van der Waals surface area contributed by atoms with E-state index >= 15 is 0 Å². The predicted octanol–water partition coefficient (Wildman–Crippen LogP) is 4.99. The zero-order valence-electron chi connectivity index (χ0n) is 19.5. The average molecular weight is 450 g/mol. The second kappa shape index (κ2) is 10.6. The van der Waals surface area contributed by atoms with Crippen molar-refractivity contribution in [1.29, 1.82) is 5.26 Å².